The van der Waals surface area contributed by atoms with Crippen LogP contribution in [0.15, 0.2) is 48.5 Å². The fourth-order valence-electron chi connectivity index (χ4n) is 2.93. The minimum absolute atomic E-state index is 0.120. The highest BCUT2D eigenvalue weighted by Crippen LogP contribution is 2.33. The van der Waals surface area contributed by atoms with Crippen LogP contribution in [0.4, 0.5) is 0 Å². The van der Waals surface area contributed by atoms with Crippen LogP contribution in [0.1, 0.15) is 31.9 Å². The first-order valence-corrected chi connectivity index (χ1v) is 12.1. The number of benzene rings is 3. The Hall–Kier alpha value is -2.04. The molecular formula is C23H26Si. The van der Waals surface area contributed by atoms with Crippen molar-refractivity contribution in [2.24, 2.45) is 0 Å². The second kappa shape index (κ2) is 5.79. The van der Waals surface area contributed by atoms with Gasteiger partial charge < -0.3 is 0 Å². The smallest absolute Gasteiger partial charge is 0.127 e. The van der Waals surface area contributed by atoms with Gasteiger partial charge in [0.15, 0.2) is 0 Å². The summed E-state index contributed by atoms with van der Waals surface area (Å²) < 4.78 is 0. The van der Waals surface area contributed by atoms with Crippen molar-refractivity contribution < 1.29 is 0 Å². The zero-order chi connectivity index (χ0) is 17.5. The van der Waals surface area contributed by atoms with Crippen LogP contribution in [-0.2, 0) is 5.41 Å². The largest absolute Gasteiger partial charge is 0.129 e. The van der Waals surface area contributed by atoms with E-state index in [1.54, 1.807) is 0 Å². The van der Waals surface area contributed by atoms with Crippen molar-refractivity contribution in [3.05, 3.63) is 59.7 Å². The van der Waals surface area contributed by atoms with Gasteiger partial charge in [-0.1, -0.05) is 88.8 Å². The lowest BCUT2D eigenvalue weighted by molar-refractivity contribution is 0.591. The summed E-state index contributed by atoms with van der Waals surface area (Å²) in [5.41, 5.74) is 6.21. The molecular weight excluding hydrogens is 304 g/mol. The Balaban J connectivity index is 2.42. The molecule has 0 aromatic heterocycles. The molecule has 3 aromatic rings. The van der Waals surface area contributed by atoms with Crippen molar-refractivity contribution in [1.29, 1.82) is 0 Å². The summed E-state index contributed by atoms with van der Waals surface area (Å²) in [4.78, 5) is 0. The molecule has 0 fully saturated rings. The maximum absolute atomic E-state index is 3.56. The minimum atomic E-state index is -1.42. The van der Waals surface area contributed by atoms with E-state index < -0.39 is 8.07 Å². The van der Waals surface area contributed by atoms with Gasteiger partial charge >= 0.3 is 0 Å². The molecule has 0 nitrogen and oxygen atoms in total. The Kier molecular flexibility index (Phi) is 4.06. The van der Waals surface area contributed by atoms with E-state index in [0.29, 0.717) is 0 Å². The predicted octanol–water partition coefficient (Wildman–Crippen LogP) is 6.52. The van der Waals surface area contributed by atoms with E-state index in [4.69, 9.17) is 0 Å². The fourth-order valence-corrected chi connectivity index (χ4v) is 3.44. The molecule has 0 saturated heterocycles. The normalized spacial score (nSPS) is 12.2. The first kappa shape index (κ1) is 16.8. The van der Waals surface area contributed by atoms with E-state index in [0.717, 1.165) is 0 Å². The Morgan fingerprint density at radius 1 is 0.833 bits per heavy atom. The van der Waals surface area contributed by atoms with Crippen LogP contribution in [0, 0.1) is 11.5 Å². The van der Waals surface area contributed by atoms with Crippen LogP contribution in [0.3, 0.4) is 0 Å². The second-order valence-electron chi connectivity index (χ2n) is 8.66. The Morgan fingerprint density at radius 3 is 2.17 bits per heavy atom. The molecule has 3 aromatic carbocycles. The first-order chi connectivity index (χ1) is 11.1. The van der Waals surface area contributed by atoms with E-state index in [-0.39, 0.29) is 5.41 Å². The standard InChI is InChI=1S/C23H26Si/c1-23(2,3)20-15-18-12-11-17-9-7-8-10-21(17)22(18)19(16-20)13-14-24(4,5)6/h7-12,15-16H,1-6H3. The van der Waals surface area contributed by atoms with Crippen LogP contribution in [0.5, 0.6) is 0 Å². The van der Waals surface area contributed by atoms with Crippen LogP contribution >= 0.6 is 0 Å². The third-order valence-electron chi connectivity index (χ3n) is 4.28. The Morgan fingerprint density at radius 2 is 1.50 bits per heavy atom. The molecule has 3 rings (SSSR count). The van der Waals surface area contributed by atoms with E-state index >= 15 is 0 Å². The van der Waals surface area contributed by atoms with Gasteiger partial charge in [-0.15, -0.1) is 5.54 Å². The molecule has 0 N–H and O–H groups in total. The van der Waals surface area contributed by atoms with E-state index in [1.807, 2.05) is 0 Å². The van der Waals surface area contributed by atoms with Crippen molar-refractivity contribution in [2.45, 2.75) is 45.8 Å². The minimum Gasteiger partial charge on any atom is -0.127 e. The average molecular weight is 331 g/mol. The Labute approximate surface area is 146 Å². The predicted molar refractivity (Wildman–Crippen MR) is 110 cm³/mol. The SMILES string of the molecule is CC(C)(C)c1cc(C#C[Si](C)(C)C)c2c(ccc3ccccc32)c1. The Bertz CT molecular complexity index is 970. The first-order valence-electron chi connectivity index (χ1n) is 8.64. The fraction of sp³-hybridized carbons (Fsp3) is 0.304. The maximum Gasteiger partial charge on any atom is 0.129 e. The van der Waals surface area contributed by atoms with Gasteiger partial charge in [-0.25, -0.2) is 0 Å². The van der Waals surface area contributed by atoms with Gasteiger partial charge in [0, 0.05) is 10.9 Å². The van der Waals surface area contributed by atoms with E-state index in [9.17, 15) is 0 Å². The zero-order valence-corrected chi connectivity index (χ0v) is 16.6. The van der Waals surface area contributed by atoms with Crippen molar-refractivity contribution in [1.82, 2.24) is 0 Å². The number of fused-ring (bicyclic) bond motifs is 3. The topological polar surface area (TPSA) is 0 Å². The molecule has 0 aliphatic heterocycles. The number of hydrogen-bond donors (Lipinski definition) is 0. The molecule has 24 heavy (non-hydrogen) atoms. The molecule has 0 radical (unpaired) electrons. The molecule has 0 aliphatic rings. The van der Waals surface area contributed by atoms with E-state index in [1.165, 1.54) is 32.7 Å². The number of hydrogen-bond acceptors (Lipinski definition) is 0. The summed E-state index contributed by atoms with van der Waals surface area (Å²) in [5.74, 6) is 3.54. The monoisotopic (exact) mass is 330 g/mol. The molecule has 0 spiro atoms. The summed E-state index contributed by atoms with van der Waals surface area (Å²) >= 11 is 0. The third-order valence-corrected chi connectivity index (χ3v) is 5.15. The lowest BCUT2D eigenvalue weighted by Crippen LogP contribution is -2.16. The molecule has 1 heteroatoms. The third kappa shape index (κ3) is 3.40. The highest BCUT2D eigenvalue weighted by molar-refractivity contribution is 6.83. The zero-order valence-electron chi connectivity index (χ0n) is 15.6. The summed E-state index contributed by atoms with van der Waals surface area (Å²) in [6.07, 6.45) is 0. The molecule has 122 valence electrons. The van der Waals surface area contributed by atoms with Crippen LogP contribution in [0.25, 0.3) is 21.5 Å². The molecule has 0 bridgehead atoms. The van der Waals surface area contributed by atoms with Crippen molar-refractivity contribution >= 4 is 29.6 Å². The van der Waals surface area contributed by atoms with Gasteiger partial charge in [-0.3, -0.25) is 0 Å². The van der Waals surface area contributed by atoms with Crippen LogP contribution in [0.2, 0.25) is 19.6 Å². The van der Waals surface area contributed by atoms with Crippen molar-refractivity contribution in [2.75, 3.05) is 0 Å². The van der Waals surface area contributed by atoms with Crippen LogP contribution in [-0.4, -0.2) is 8.07 Å². The summed E-state index contributed by atoms with van der Waals surface area (Å²) in [6, 6.07) is 17.7. The second-order valence-corrected chi connectivity index (χ2v) is 13.4. The van der Waals surface area contributed by atoms with Gasteiger partial charge in [0.05, 0.1) is 0 Å². The quantitative estimate of drug-likeness (QED) is 0.250. The molecule has 0 atom stereocenters. The van der Waals surface area contributed by atoms with Gasteiger partial charge in [0.25, 0.3) is 0 Å². The molecule has 0 heterocycles. The number of rotatable bonds is 0. The lowest BCUT2D eigenvalue weighted by atomic mass is 9.83. The highest BCUT2D eigenvalue weighted by atomic mass is 28.3. The van der Waals surface area contributed by atoms with Crippen molar-refractivity contribution in [3.8, 4) is 11.5 Å². The van der Waals surface area contributed by atoms with Gasteiger partial charge in [-0.2, -0.15) is 0 Å². The highest BCUT2D eigenvalue weighted by Gasteiger charge is 2.17. The van der Waals surface area contributed by atoms with Gasteiger partial charge in [-0.05, 0) is 33.2 Å². The molecule has 0 aliphatic carbocycles. The lowest BCUT2D eigenvalue weighted by Gasteiger charge is -2.21. The molecule has 0 saturated carbocycles. The molecule has 0 amide bonds. The van der Waals surface area contributed by atoms with Crippen LogP contribution < -0.4 is 0 Å². The summed E-state index contributed by atoms with van der Waals surface area (Å²) in [7, 11) is -1.42. The molecule has 0 unspecified atom stereocenters. The van der Waals surface area contributed by atoms with Gasteiger partial charge in [0.2, 0.25) is 0 Å². The average Bonchev–Trinajstić information content (AvgIpc) is 2.50. The maximum atomic E-state index is 3.56. The summed E-state index contributed by atoms with van der Waals surface area (Å²) in [5, 5.41) is 5.17. The van der Waals surface area contributed by atoms with Gasteiger partial charge in [0.1, 0.15) is 8.07 Å². The summed E-state index contributed by atoms with van der Waals surface area (Å²) in [6.45, 7) is 13.7. The van der Waals surface area contributed by atoms with Crippen molar-refractivity contribution in [3.63, 3.8) is 0 Å². The van der Waals surface area contributed by atoms with E-state index in [2.05, 4.69) is 100 Å².